The van der Waals surface area contributed by atoms with E-state index in [-0.39, 0.29) is 4.57 Å². The highest BCUT2D eigenvalue weighted by atomic mass is 31.3. The number of nitrogens with zero attached hydrogens (tertiary/aromatic N) is 1. The predicted octanol–water partition coefficient (Wildman–Crippen LogP) is -2.71. The molecule has 8 N–H and O–H groups in total. The van der Waals surface area contributed by atoms with Crippen molar-refractivity contribution in [1.82, 2.24) is 9.55 Å². The van der Waals surface area contributed by atoms with Crippen molar-refractivity contribution in [2.24, 2.45) is 0 Å². The minimum absolute atomic E-state index is 0.225. The maximum absolute atomic E-state index is 15.4. The summed E-state index contributed by atoms with van der Waals surface area (Å²) in [5.41, 5.74) is -3.00. The van der Waals surface area contributed by atoms with Crippen molar-refractivity contribution in [3.63, 3.8) is 0 Å². The Morgan fingerprint density at radius 1 is 1.19 bits per heavy atom. The van der Waals surface area contributed by atoms with E-state index in [2.05, 4.69) is 17.9 Å². The molecule has 2 unspecified atom stereocenters. The van der Waals surface area contributed by atoms with Crippen LogP contribution in [0.25, 0.3) is 0 Å². The van der Waals surface area contributed by atoms with E-state index in [0.29, 0.717) is 6.20 Å². The Balaban J connectivity index is 2.38. The zero-order valence-electron chi connectivity index (χ0n) is 17.0. The number of hydrogen-bond donors (Lipinski definition) is 8. The number of phosphoric acid groups is 3. The Kier molecular flexibility index (Phi) is 6.94. The fourth-order valence-electron chi connectivity index (χ4n) is 2.24. The lowest BCUT2D eigenvalue weighted by Crippen LogP contribution is -2.43. The molecule has 18 nitrogen and oxygen atoms in total. The second-order valence-corrected chi connectivity index (χ2v) is 10.2. The molecular weight excluding hydrogens is 516 g/mol. The molecule has 0 spiro atoms. The van der Waals surface area contributed by atoms with Gasteiger partial charge < -0.3 is 39.6 Å². The summed E-state index contributed by atoms with van der Waals surface area (Å²) >= 11 is 0. The van der Waals surface area contributed by atoms with Gasteiger partial charge in [0.1, 0.15) is 18.8 Å². The Labute approximate surface area is 177 Å². The Hall–Kier alpha value is -1.14. The quantitative estimate of drug-likeness (QED) is 0.149. The van der Waals surface area contributed by atoms with Crippen molar-refractivity contribution in [3.8, 4) is 0 Å². The minimum atomic E-state index is -6.30. The largest absolute Gasteiger partial charge is 0.490 e. The third-order valence-corrected chi connectivity index (χ3v) is 7.14. The van der Waals surface area contributed by atoms with Crippen LogP contribution in [0.3, 0.4) is 0 Å². The first-order valence-electron chi connectivity index (χ1n) is 8.67. The molecule has 2 rings (SSSR count). The first-order chi connectivity index (χ1) is 15.1. The highest BCUT2D eigenvalue weighted by Crippen LogP contribution is 2.66. The predicted molar refractivity (Wildman–Crippen MR) is 93.0 cm³/mol. The number of phosphoric ester groups is 1. The van der Waals surface area contributed by atoms with E-state index >= 15 is 4.39 Å². The molecule has 22 heteroatoms. The van der Waals surface area contributed by atoms with Crippen molar-refractivity contribution in [2.75, 3.05) is 6.56 Å². The lowest BCUT2D eigenvalue weighted by molar-refractivity contribution is -0.205. The summed E-state index contributed by atoms with van der Waals surface area (Å²) < 4.78 is 79.4. The van der Waals surface area contributed by atoms with Crippen LogP contribution in [0.4, 0.5) is 4.39 Å². The monoisotopic (exact) mass is 534 g/mol. The number of alkyl halides is 1. The number of ether oxygens (including phenoxy) is 1. The number of nitrogens with one attached hydrogen (secondary N) is 1. The molecule has 1 aliphatic heterocycles. The summed E-state index contributed by atoms with van der Waals surface area (Å²) in [5, 5.41) is 29.2. The molecule has 1 aromatic heterocycles. The molecule has 1 aromatic rings. The van der Waals surface area contributed by atoms with Gasteiger partial charge in [-0.25, -0.2) is 22.9 Å². The van der Waals surface area contributed by atoms with Crippen LogP contribution in [0.2, 0.25) is 0 Å². The fraction of sp³-hybridized carbons (Fsp3) is 0.600. The summed E-state index contributed by atoms with van der Waals surface area (Å²) in [7, 11) is -18.2. The summed E-state index contributed by atoms with van der Waals surface area (Å²) in [6.45, 7) is -5.32. The third-order valence-electron chi connectivity index (χ3n) is 3.49. The highest BCUT2D eigenvalue weighted by molar-refractivity contribution is 7.66. The number of halogens is 1. The molecule has 1 aliphatic rings. The summed E-state index contributed by atoms with van der Waals surface area (Å²) in [6, 6.07) is 0. The van der Waals surface area contributed by atoms with E-state index in [9.17, 15) is 38.4 Å². The van der Waals surface area contributed by atoms with Crippen molar-refractivity contribution in [1.29, 1.82) is 0 Å². The van der Waals surface area contributed by atoms with Crippen molar-refractivity contribution in [2.45, 2.75) is 30.9 Å². The molecule has 6 atom stereocenters. The SMILES string of the molecule is [2H]C([2H])(OP(=O)(O)OP(=O)(O)OP(=O)(O)O)[C@@]1(F)O[C@@H](n2cc(CO)c(=O)[nH]c2=O)[C@H](O)[C@@H]1O. The van der Waals surface area contributed by atoms with Crippen LogP contribution < -0.4 is 11.2 Å². The number of rotatable bonds is 9. The highest BCUT2D eigenvalue weighted by Gasteiger charge is 2.57. The number of H-pyrrole nitrogens is 1. The van der Waals surface area contributed by atoms with E-state index in [1.165, 1.54) is 0 Å². The molecule has 0 aliphatic carbocycles. The second kappa shape index (κ2) is 9.25. The van der Waals surface area contributed by atoms with E-state index in [4.69, 9.17) is 22.5 Å². The van der Waals surface area contributed by atoms with Crippen LogP contribution in [-0.4, -0.2) is 69.1 Å². The molecule has 0 saturated carbocycles. The van der Waals surface area contributed by atoms with E-state index in [0.717, 1.165) is 0 Å². The number of aliphatic hydroxyl groups is 3. The lowest BCUT2D eigenvalue weighted by Gasteiger charge is -2.24. The van der Waals surface area contributed by atoms with Crippen LogP contribution >= 0.6 is 23.5 Å². The second-order valence-electron chi connectivity index (χ2n) is 5.85. The number of aromatic nitrogens is 2. The van der Waals surface area contributed by atoms with Crippen molar-refractivity contribution < 1.29 is 73.6 Å². The molecule has 0 amide bonds. The van der Waals surface area contributed by atoms with Gasteiger partial charge in [0.25, 0.3) is 11.4 Å². The molecule has 1 fully saturated rings. The molecule has 2 heterocycles. The first-order valence-corrected chi connectivity index (χ1v) is 12.2. The van der Waals surface area contributed by atoms with Crippen molar-refractivity contribution >= 4 is 23.5 Å². The van der Waals surface area contributed by atoms with Gasteiger partial charge in [-0.05, 0) is 0 Å². The molecule has 32 heavy (non-hydrogen) atoms. The van der Waals surface area contributed by atoms with Gasteiger partial charge in [0, 0.05) is 6.20 Å². The van der Waals surface area contributed by atoms with Crippen LogP contribution in [0.5, 0.6) is 0 Å². The van der Waals surface area contributed by atoms with Gasteiger partial charge >= 0.3 is 29.2 Å². The molecule has 0 bridgehead atoms. The van der Waals surface area contributed by atoms with Crippen LogP contribution in [0.1, 0.15) is 14.5 Å². The van der Waals surface area contributed by atoms with E-state index in [1.807, 2.05) is 0 Å². The smallest absolute Gasteiger partial charge is 0.391 e. The number of aliphatic hydroxyl groups excluding tert-OH is 3. The molecule has 1 saturated heterocycles. The summed E-state index contributed by atoms with van der Waals surface area (Å²) in [4.78, 5) is 60.6. The fourth-order valence-corrected chi connectivity index (χ4v) is 5.12. The molecular formula is C10H16FN2O16P3. The van der Waals surface area contributed by atoms with Gasteiger partial charge in [0.05, 0.1) is 14.9 Å². The Morgan fingerprint density at radius 2 is 1.78 bits per heavy atom. The standard InChI is InChI=1S/C10H16FN2O16P3/c11-10(3-26-31(22,23)29-32(24,25)28-30(19,20)21)6(16)5(15)8(27-10)13-1-4(2-14)7(17)12-9(13)18/h1,5-6,8,14-16H,2-3H2,(H,22,23)(H,24,25)(H,12,17,18)(H2,19,20,21)/t5-,6+,8-,10-/m1/s1/i3D2. The maximum atomic E-state index is 15.4. The van der Waals surface area contributed by atoms with Gasteiger partial charge in [-0.3, -0.25) is 18.9 Å². The minimum Gasteiger partial charge on any atom is -0.391 e. The number of hydrogen-bond acceptors (Lipinski definition) is 12. The topological polar surface area (TPSA) is 285 Å². The average molecular weight is 534 g/mol. The number of aromatic amines is 1. The third kappa shape index (κ3) is 6.47. The van der Waals surface area contributed by atoms with Gasteiger partial charge in [0.2, 0.25) is 0 Å². The van der Waals surface area contributed by atoms with Crippen molar-refractivity contribution in [3.05, 3.63) is 32.6 Å². The van der Waals surface area contributed by atoms with Gasteiger partial charge in [-0.1, -0.05) is 0 Å². The Bertz CT molecular complexity index is 1200. The first kappa shape index (κ1) is 24.0. The lowest BCUT2D eigenvalue weighted by atomic mass is 10.1. The van der Waals surface area contributed by atoms with Crippen LogP contribution in [0.15, 0.2) is 15.8 Å². The van der Waals surface area contributed by atoms with Gasteiger partial charge in [0.15, 0.2) is 6.23 Å². The molecule has 0 radical (unpaired) electrons. The molecule has 184 valence electrons. The van der Waals surface area contributed by atoms with E-state index < -0.39 is 77.7 Å². The van der Waals surface area contributed by atoms with Gasteiger partial charge in [-0.2, -0.15) is 8.62 Å². The summed E-state index contributed by atoms with van der Waals surface area (Å²) in [6.07, 6.45) is -7.31. The van der Waals surface area contributed by atoms with E-state index in [1.54, 1.807) is 4.98 Å². The summed E-state index contributed by atoms with van der Waals surface area (Å²) in [5.74, 6) is -4.34. The normalized spacial score (nSPS) is 31.4. The van der Waals surface area contributed by atoms with Crippen LogP contribution in [-0.2, 0) is 38.2 Å². The zero-order valence-corrected chi connectivity index (χ0v) is 17.7. The zero-order chi connectivity index (χ0) is 26.5. The maximum Gasteiger partial charge on any atom is 0.490 e. The average Bonchev–Trinajstić information content (AvgIpc) is 2.83. The Morgan fingerprint density at radius 3 is 2.31 bits per heavy atom. The molecule has 0 aromatic carbocycles. The van der Waals surface area contributed by atoms with Crippen LogP contribution in [0, 0.1) is 0 Å². The van der Waals surface area contributed by atoms with Gasteiger partial charge in [-0.15, -0.1) is 0 Å².